The first-order valence-electron chi connectivity index (χ1n) is 10.9. The minimum Gasteiger partial charge on any atom is -0.497 e. The average Bonchev–Trinajstić information content (AvgIpc) is 3.22. The third-order valence-corrected chi connectivity index (χ3v) is 5.84. The van der Waals surface area contributed by atoms with Gasteiger partial charge in [-0.2, -0.15) is 0 Å². The van der Waals surface area contributed by atoms with E-state index in [2.05, 4.69) is 4.98 Å². The number of methoxy groups -OCH3 is 1. The lowest BCUT2D eigenvalue weighted by Crippen LogP contribution is -2.40. The smallest absolute Gasteiger partial charge is 0.337 e. The van der Waals surface area contributed by atoms with Crippen molar-refractivity contribution in [3.05, 3.63) is 86.3 Å². The number of nitrogens with zero attached hydrogens (tertiary/aromatic N) is 4. The van der Waals surface area contributed by atoms with Crippen molar-refractivity contribution in [3.63, 3.8) is 0 Å². The van der Waals surface area contributed by atoms with Crippen LogP contribution in [0.4, 0.5) is 0 Å². The molecule has 0 spiro atoms. The number of ether oxygens (including phenoxy) is 1. The topological polar surface area (TPSA) is 88.1 Å². The number of fused-ring (bicyclic) bond motifs is 1. The van der Waals surface area contributed by atoms with E-state index in [1.165, 1.54) is 27.1 Å². The number of imidazole rings is 1. The van der Waals surface area contributed by atoms with E-state index in [0.717, 1.165) is 0 Å². The van der Waals surface area contributed by atoms with Crippen LogP contribution < -0.4 is 16.0 Å². The van der Waals surface area contributed by atoms with Gasteiger partial charge in [0.15, 0.2) is 16.9 Å². The van der Waals surface area contributed by atoms with Crippen LogP contribution in [-0.2, 0) is 13.1 Å². The monoisotopic (exact) mass is 480 g/mol. The zero-order chi connectivity index (χ0) is 24.4. The molecule has 0 saturated carbocycles. The summed E-state index contributed by atoms with van der Waals surface area (Å²) in [6, 6.07) is 13.6. The lowest BCUT2D eigenvalue weighted by Gasteiger charge is -2.14. The van der Waals surface area contributed by atoms with Crippen molar-refractivity contribution in [2.24, 2.45) is 5.92 Å². The van der Waals surface area contributed by atoms with Crippen molar-refractivity contribution in [1.29, 1.82) is 0 Å². The SMILES string of the molecule is COc1cccc(C(=O)Cn2cnc3c2c(=O)n(CCC(C)C)c(=O)n3-c2cccc(Cl)c2)c1. The minimum absolute atomic E-state index is 0.114. The van der Waals surface area contributed by atoms with Gasteiger partial charge >= 0.3 is 5.69 Å². The number of Topliss-reactive ketones (excluding diaryl/α,β-unsaturated/α-hetero) is 1. The van der Waals surface area contributed by atoms with Gasteiger partial charge in [0.2, 0.25) is 0 Å². The van der Waals surface area contributed by atoms with E-state index >= 15 is 0 Å². The van der Waals surface area contributed by atoms with Crippen molar-refractivity contribution < 1.29 is 9.53 Å². The van der Waals surface area contributed by atoms with E-state index in [0.29, 0.717) is 34.4 Å². The van der Waals surface area contributed by atoms with Gasteiger partial charge in [0.25, 0.3) is 5.56 Å². The molecule has 0 aliphatic heterocycles. The Hall–Kier alpha value is -3.65. The molecule has 0 saturated heterocycles. The summed E-state index contributed by atoms with van der Waals surface area (Å²) in [6.45, 7) is 4.18. The summed E-state index contributed by atoms with van der Waals surface area (Å²) in [4.78, 5) is 44.2. The highest BCUT2D eigenvalue weighted by Crippen LogP contribution is 2.19. The molecule has 2 aromatic heterocycles. The second-order valence-corrected chi connectivity index (χ2v) is 8.87. The fourth-order valence-electron chi connectivity index (χ4n) is 3.77. The standard InChI is InChI=1S/C25H25ClN4O4/c1-16(2)10-11-29-24(32)22-23(30(25(29)33)19-8-5-7-18(26)13-19)27-15-28(22)14-21(31)17-6-4-9-20(12-17)34-3/h4-9,12-13,15-16H,10-11,14H2,1-3H3. The fourth-order valence-corrected chi connectivity index (χ4v) is 3.96. The summed E-state index contributed by atoms with van der Waals surface area (Å²) in [5.41, 5.74) is 0.324. The van der Waals surface area contributed by atoms with Gasteiger partial charge in [0, 0.05) is 17.1 Å². The van der Waals surface area contributed by atoms with Crippen LogP contribution in [0.25, 0.3) is 16.9 Å². The maximum absolute atomic E-state index is 13.4. The summed E-state index contributed by atoms with van der Waals surface area (Å²) in [6.07, 6.45) is 2.06. The van der Waals surface area contributed by atoms with Crippen LogP contribution in [-0.4, -0.2) is 31.6 Å². The number of aromatic nitrogens is 4. The van der Waals surface area contributed by atoms with Gasteiger partial charge in [-0.05, 0) is 42.7 Å². The van der Waals surface area contributed by atoms with E-state index in [9.17, 15) is 14.4 Å². The van der Waals surface area contributed by atoms with Gasteiger partial charge in [-0.25, -0.2) is 14.3 Å². The zero-order valence-electron chi connectivity index (χ0n) is 19.2. The summed E-state index contributed by atoms with van der Waals surface area (Å²) in [5, 5.41) is 0.449. The van der Waals surface area contributed by atoms with Gasteiger partial charge in [-0.1, -0.05) is 43.6 Å². The van der Waals surface area contributed by atoms with E-state index in [-0.39, 0.29) is 30.0 Å². The molecule has 2 heterocycles. The van der Waals surface area contributed by atoms with E-state index in [1.54, 1.807) is 48.5 Å². The molecule has 0 radical (unpaired) electrons. The number of benzene rings is 2. The number of carbonyl (C=O) groups is 1. The molecule has 4 rings (SSSR count). The number of hydrogen-bond acceptors (Lipinski definition) is 5. The lowest BCUT2D eigenvalue weighted by molar-refractivity contribution is 0.0973. The molecule has 2 aromatic carbocycles. The molecule has 4 aromatic rings. The van der Waals surface area contributed by atoms with Crippen molar-refractivity contribution in [2.45, 2.75) is 33.4 Å². The zero-order valence-corrected chi connectivity index (χ0v) is 20.0. The predicted molar refractivity (Wildman–Crippen MR) is 131 cm³/mol. The second-order valence-electron chi connectivity index (χ2n) is 8.44. The minimum atomic E-state index is -0.496. The first kappa shape index (κ1) is 23.5. The van der Waals surface area contributed by atoms with Crippen molar-refractivity contribution >= 4 is 28.5 Å². The molecule has 0 N–H and O–H groups in total. The quantitative estimate of drug-likeness (QED) is 0.356. The molecule has 0 fully saturated rings. The van der Waals surface area contributed by atoms with Crippen LogP contribution in [0, 0.1) is 5.92 Å². The summed E-state index contributed by atoms with van der Waals surface area (Å²) in [7, 11) is 1.53. The van der Waals surface area contributed by atoms with E-state index in [1.807, 2.05) is 13.8 Å². The molecule has 0 bridgehead atoms. The third kappa shape index (κ3) is 4.54. The predicted octanol–water partition coefficient (Wildman–Crippen LogP) is 3.94. The molecular weight excluding hydrogens is 456 g/mol. The Labute approximate surface area is 201 Å². The Bertz CT molecular complexity index is 1480. The Morgan fingerprint density at radius 3 is 2.59 bits per heavy atom. The van der Waals surface area contributed by atoms with Crippen molar-refractivity contribution in [2.75, 3.05) is 7.11 Å². The Morgan fingerprint density at radius 1 is 1.12 bits per heavy atom. The molecule has 0 amide bonds. The van der Waals surface area contributed by atoms with Gasteiger partial charge in [0.1, 0.15) is 5.75 Å². The second kappa shape index (κ2) is 9.69. The molecular formula is C25H25ClN4O4. The van der Waals surface area contributed by atoms with Crippen molar-refractivity contribution in [3.8, 4) is 11.4 Å². The summed E-state index contributed by atoms with van der Waals surface area (Å²) < 4.78 is 9.27. The van der Waals surface area contributed by atoms with Crippen LogP contribution in [0.2, 0.25) is 5.02 Å². The summed E-state index contributed by atoms with van der Waals surface area (Å²) >= 11 is 6.17. The van der Waals surface area contributed by atoms with Crippen molar-refractivity contribution in [1.82, 2.24) is 18.7 Å². The van der Waals surface area contributed by atoms with Gasteiger partial charge in [0.05, 0.1) is 25.7 Å². The molecule has 0 aliphatic rings. The van der Waals surface area contributed by atoms with E-state index in [4.69, 9.17) is 16.3 Å². The number of halogens is 1. The van der Waals surface area contributed by atoms with Crippen LogP contribution in [0.1, 0.15) is 30.6 Å². The van der Waals surface area contributed by atoms with E-state index < -0.39 is 11.2 Å². The highest BCUT2D eigenvalue weighted by molar-refractivity contribution is 6.30. The highest BCUT2D eigenvalue weighted by atomic mass is 35.5. The highest BCUT2D eigenvalue weighted by Gasteiger charge is 2.21. The number of hydrogen-bond donors (Lipinski definition) is 0. The van der Waals surface area contributed by atoms with Crippen LogP contribution in [0.15, 0.2) is 64.4 Å². The average molecular weight is 481 g/mol. The number of ketones is 1. The van der Waals surface area contributed by atoms with Crippen LogP contribution in [0.3, 0.4) is 0 Å². The first-order chi connectivity index (χ1) is 16.3. The maximum atomic E-state index is 13.4. The normalized spacial score (nSPS) is 11.3. The number of rotatable bonds is 8. The molecule has 0 aliphatic carbocycles. The maximum Gasteiger partial charge on any atom is 0.337 e. The Kier molecular flexibility index (Phi) is 6.70. The molecule has 0 unspecified atom stereocenters. The van der Waals surface area contributed by atoms with Gasteiger partial charge in [-0.3, -0.25) is 14.2 Å². The van der Waals surface area contributed by atoms with Gasteiger partial charge in [-0.15, -0.1) is 0 Å². The molecule has 8 nitrogen and oxygen atoms in total. The summed E-state index contributed by atoms with van der Waals surface area (Å²) in [5.74, 6) is 0.639. The number of carbonyl (C=O) groups excluding carboxylic acids is 1. The molecule has 0 atom stereocenters. The molecule has 34 heavy (non-hydrogen) atoms. The first-order valence-corrected chi connectivity index (χ1v) is 11.3. The Balaban J connectivity index is 1.89. The third-order valence-electron chi connectivity index (χ3n) is 5.60. The van der Waals surface area contributed by atoms with Crippen LogP contribution >= 0.6 is 11.6 Å². The fraction of sp³-hybridized carbons (Fsp3) is 0.280. The van der Waals surface area contributed by atoms with Crippen LogP contribution in [0.5, 0.6) is 5.75 Å². The Morgan fingerprint density at radius 2 is 1.88 bits per heavy atom. The van der Waals surface area contributed by atoms with Gasteiger partial charge < -0.3 is 9.30 Å². The largest absolute Gasteiger partial charge is 0.497 e. The molecule has 176 valence electrons. The molecule has 9 heteroatoms. The lowest BCUT2D eigenvalue weighted by atomic mass is 10.1.